The van der Waals surface area contributed by atoms with Gasteiger partial charge in [0.05, 0.1) is 0 Å². The zero-order chi connectivity index (χ0) is 14.9. The van der Waals surface area contributed by atoms with Crippen LogP contribution in [0.3, 0.4) is 0 Å². The first-order valence-electron chi connectivity index (χ1n) is 8.73. The highest BCUT2D eigenvalue weighted by molar-refractivity contribution is 5.38. The fraction of sp³-hybridized carbons (Fsp3) is 0.684. The van der Waals surface area contributed by atoms with Crippen LogP contribution in [-0.4, -0.2) is 23.1 Å². The van der Waals surface area contributed by atoms with Crippen molar-refractivity contribution in [2.75, 3.05) is 13.1 Å². The summed E-state index contributed by atoms with van der Waals surface area (Å²) in [6.45, 7) is 7.20. The van der Waals surface area contributed by atoms with Gasteiger partial charge in [0, 0.05) is 6.04 Å². The second-order valence-corrected chi connectivity index (χ2v) is 7.03. The van der Waals surface area contributed by atoms with E-state index in [4.69, 9.17) is 0 Å². The van der Waals surface area contributed by atoms with Crippen molar-refractivity contribution in [3.8, 4) is 5.75 Å². The Morgan fingerprint density at radius 3 is 2.57 bits per heavy atom. The quantitative estimate of drug-likeness (QED) is 0.873. The Morgan fingerprint density at radius 1 is 1.19 bits per heavy atom. The van der Waals surface area contributed by atoms with E-state index in [-0.39, 0.29) is 0 Å². The van der Waals surface area contributed by atoms with Gasteiger partial charge in [-0.3, -0.25) is 4.90 Å². The fourth-order valence-corrected chi connectivity index (χ4v) is 4.42. The molecule has 2 nitrogen and oxygen atoms in total. The van der Waals surface area contributed by atoms with Crippen LogP contribution < -0.4 is 0 Å². The summed E-state index contributed by atoms with van der Waals surface area (Å²) in [6.07, 6.45) is 9.02. The van der Waals surface area contributed by atoms with Gasteiger partial charge in [0.25, 0.3) is 0 Å². The maximum Gasteiger partial charge on any atom is 0.115 e. The molecular weight excluding hydrogens is 258 g/mol. The zero-order valence-corrected chi connectivity index (χ0v) is 13.6. The summed E-state index contributed by atoms with van der Waals surface area (Å²) in [4.78, 5) is 2.71. The summed E-state index contributed by atoms with van der Waals surface area (Å²) in [5.74, 6) is 0.420. The monoisotopic (exact) mass is 287 g/mol. The number of hydrogen-bond donors (Lipinski definition) is 1. The fourth-order valence-electron chi connectivity index (χ4n) is 4.42. The number of piperidine rings is 1. The van der Waals surface area contributed by atoms with Crippen LogP contribution in [0.2, 0.25) is 0 Å². The average molecular weight is 287 g/mol. The summed E-state index contributed by atoms with van der Waals surface area (Å²) in [6, 6.07) is 6.59. The van der Waals surface area contributed by atoms with Crippen molar-refractivity contribution in [1.82, 2.24) is 4.90 Å². The number of aryl methyl sites for hydroxylation is 1. The van der Waals surface area contributed by atoms with Gasteiger partial charge >= 0.3 is 0 Å². The van der Waals surface area contributed by atoms with E-state index in [1.165, 1.54) is 62.7 Å². The molecule has 0 spiro atoms. The van der Waals surface area contributed by atoms with Crippen molar-refractivity contribution in [1.29, 1.82) is 0 Å². The van der Waals surface area contributed by atoms with Crippen molar-refractivity contribution in [2.24, 2.45) is 5.41 Å². The normalized spacial score (nSPS) is 25.5. The lowest BCUT2D eigenvalue weighted by molar-refractivity contribution is 0.0598. The van der Waals surface area contributed by atoms with Crippen LogP contribution in [0.25, 0.3) is 0 Å². The molecule has 1 aromatic rings. The lowest BCUT2D eigenvalue weighted by Crippen LogP contribution is -2.42. The van der Waals surface area contributed by atoms with E-state index in [9.17, 15) is 5.11 Å². The molecule has 1 saturated heterocycles. The predicted octanol–water partition coefficient (Wildman–Crippen LogP) is 4.67. The molecule has 1 unspecified atom stereocenters. The largest absolute Gasteiger partial charge is 0.508 e. The Bertz CT molecular complexity index is 482. The smallest absolute Gasteiger partial charge is 0.115 e. The molecule has 2 aliphatic rings. The van der Waals surface area contributed by atoms with Crippen molar-refractivity contribution in [2.45, 2.75) is 64.8 Å². The van der Waals surface area contributed by atoms with Gasteiger partial charge in [-0.2, -0.15) is 0 Å². The molecule has 1 heterocycles. The molecule has 1 atom stereocenters. The zero-order valence-electron chi connectivity index (χ0n) is 13.6. The minimum absolute atomic E-state index is 0.420. The third kappa shape index (κ3) is 2.83. The minimum Gasteiger partial charge on any atom is -0.508 e. The minimum atomic E-state index is 0.420. The first-order valence-corrected chi connectivity index (χ1v) is 8.73. The third-order valence-electron chi connectivity index (χ3n) is 6.21. The first-order chi connectivity index (χ1) is 10.2. The van der Waals surface area contributed by atoms with E-state index in [1.54, 1.807) is 0 Å². The number of fused-ring (bicyclic) bond motifs is 1. The number of phenols is 1. The molecule has 3 rings (SSSR count). The molecule has 116 valence electrons. The van der Waals surface area contributed by atoms with E-state index in [2.05, 4.69) is 24.8 Å². The second-order valence-electron chi connectivity index (χ2n) is 7.03. The van der Waals surface area contributed by atoms with E-state index in [0.717, 1.165) is 6.42 Å². The number of rotatable bonds is 3. The van der Waals surface area contributed by atoms with Crippen LogP contribution in [0, 0.1) is 5.41 Å². The number of phenolic OH excluding ortho intramolecular Hbond substituents is 1. The summed E-state index contributed by atoms with van der Waals surface area (Å²) in [7, 11) is 0. The summed E-state index contributed by atoms with van der Waals surface area (Å²) >= 11 is 0. The van der Waals surface area contributed by atoms with E-state index >= 15 is 0 Å². The maximum atomic E-state index is 9.70. The Hall–Kier alpha value is -1.02. The third-order valence-corrected chi connectivity index (χ3v) is 6.21. The molecule has 0 saturated carbocycles. The summed E-state index contributed by atoms with van der Waals surface area (Å²) in [5, 5.41) is 9.70. The van der Waals surface area contributed by atoms with Gasteiger partial charge in [-0.05, 0) is 73.9 Å². The topological polar surface area (TPSA) is 23.5 Å². The summed E-state index contributed by atoms with van der Waals surface area (Å²) < 4.78 is 0. The molecule has 2 heteroatoms. The highest BCUT2D eigenvalue weighted by atomic mass is 16.3. The average Bonchev–Trinajstić information content (AvgIpc) is 2.54. The summed E-state index contributed by atoms with van der Waals surface area (Å²) in [5.41, 5.74) is 3.44. The standard InChI is InChI=1S/C19H29NO/c1-3-19(4-2)10-12-20(13-11-19)18-7-5-6-15-14-16(21)8-9-17(15)18/h8-9,14,18,21H,3-7,10-13H2,1-2H3. The van der Waals surface area contributed by atoms with Crippen LogP contribution in [0.4, 0.5) is 0 Å². The van der Waals surface area contributed by atoms with Crippen molar-refractivity contribution >= 4 is 0 Å². The molecule has 1 aliphatic heterocycles. The number of nitrogens with zero attached hydrogens (tertiary/aromatic N) is 1. The lowest BCUT2D eigenvalue weighted by atomic mass is 9.73. The SMILES string of the molecule is CCC1(CC)CCN(C2CCCc3cc(O)ccc32)CC1. The molecule has 21 heavy (non-hydrogen) atoms. The van der Waals surface area contributed by atoms with E-state index in [0.29, 0.717) is 17.2 Å². The van der Waals surface area contributed by atoms with Crippen molar-refractivity contribution in [3.63, 3.8) is 0 Å². The predicted molar refractivity (Wildman–Crippen MR) is 87.6 cm³/mol. The Balaban J connectivity index is 1.75. The number of hydrogen-bond acceptors (Lipinski definition) is 2. The van der Waals surface area contributed by atoms with Gasteiger partial charge in [0.2, 0.25) is 0 Å². The molecule has 0 radical (unpaired) electrons. The van der Waals surface area contributed by atoms with Gasteiger partial charge in [-0.1, -0.05) is 32.8 Å². The molecular formula is C19H29NO. The molecule has 0 amide bonds. The van der Waals surface area contributed by atoms with Gasteiger partial charge in [0.15, 0.2) is 0 Å². The number of likely N-dealkylation sites (tertiary alicyclic amines) is 1. The van der Waals surface area contributed by atoms with Gasteiger partial charge in [-0.15, -0.1) is 0 Å². The Kier molecular flexibility index (Phi) is 4.26. The van der Waals surface area contributed by atoms with Gasteiger partial charge < -0.3 is 5.11 Å². The molecule has 1 aromatic carbocycles. The highest BCUT2D eigenvalue weighted by Gasteiger charge is 2.35. The maximum absolute atomic E-state index is 9.70. The molecule has 1 aliphatic carbocycles. The van der Waals surface area contributed by atoms with Crippen molar-refractivity contribution in [3.05, 3.63) is 29.3 Å². The van der Waals surface area contributed by atoms with Crippen LogP contribution in [0.5, 0.6) is 5.75 Å². The van der Waals surface area contributed by atoms with Crippen LogP contribution in [-0.2, 0) is 6.42 Å². The molecule has 0 bridgehead atoms. The number of benzene rings is 1. The first kappa shape index (κ1) is 14.9. The van der Waals surface area contributed by atoms with E-state index in [1.807, 2.05) is 12.1 Å². The van der Waals surface area contributed by atoms with Gasteiger partial charge in [0.1, 0.15) is 5.75 Å². The second kappa shape index (κ2) is 6.00. The Morgan fingerprint density at radius 2 is 1.90 bits per heavy atom. The van der Waals surface area contributed by atoms with Crippen LogP contribution in [0.1, 0.15) is 69.5 Å². The molecule has 0 aromatic heterocycles. The molecule has 1 fully saturated rings. The van der Waals surface area contributed by atoms with Crippen LogP contribution >= 0.6 is 0 Å². The Labute approximate surface area is 129 Å². The van der Waals surface area contributed by atoms with E-state index < -0.39 is 0 Å². The lowest BCUT2D eigenvalue weighted by Gasteiger charge is -2.45. The molecule has 1 N–H and O–H groups in total. The number of aromatic hydroxyl groups is 1. The van der Waals surface area contributed by atoms with Gasteiger partial charge in [-0.25, -0.2) is 0 Å². The van der Waals surface area contributed by atoms with Crippen LogP contribution in [0.15, 0.2) is 18.2 Å². The van der Waals surface area contributed by atoms with Crippen molar-refractivity contribution < 1.29 is 5.11 Å². The highest BCUT2D eigenvalue weighted by Crippen LogP contribution is 2.43.